The number of carbonyl (C=O) groups excluding carboxylic acids is 2. The smallest absolute Gasteiger partial charge is 0.310 e. The van der Waals surface area contributed by atoms with Crippen LogP contribution in [0.1, 0.15) is 26.3 Å². The van der Waals surface area contributed by atoms with Crippen LogP contribution < -0.4 is 14.4 Å². The Morgan fingerprint density at radius 2 is 1.66 bits per heavy atom. The largest absolute Gasteiger partial charge is 0.490 e. The van der Waals surface area contributed by atoms with Gasteiger partial charge in [0.25, 0.3) is 5.91 Å². The summed E-state index contributed by atoms with van der Waals surface area (Å²) in [4.78, 5) is 28.7. The lowest BCUT2D eigenvalue weighted by Gasteiger charge is -2.36. The summed E-state index contributed by atoms with van der Waals surface area (Å²) in [5.41, 5.74) is 1.95. The molecule has 0 saturated carbocycles. The Morgan fingerprint density at radius 3 is 2.31 bits per heavy atom. The van der Waals surface area contributed by atoms with Gasteiger partial charge in [0.15, 0.2) is 18.1 Å². The first kappa shape index (κ1) is 23.4. The van der Waals surface area contributed by atoms with E-state index in [0.717, 1.165) is 18.7 Å². The zero-order valence-corrected chi connectivity index (χ0v) is 19.1. The van der Waals surface area contributed by atoms with Gasteiger partial charge in [-0.05, 0) is 50.6 Å². The first-order chi connectivity index (χ1) is 15.5. The van der Waals surface area contributed by atoms with Crippen molar-refractivity contribution in [2.24, 2.45) is 0 Å². The summed E-state index contributed by atoms with van der Waals surface area (Å²) in [6, 6.07) is 15.5. The van der Waals surface area contributed by atoms with E-state index in [-0.39, 0.29) is 31.0 Å². The highest BCUT2D eigenvalue weighted by Gasteiger charge is 2.22. The third kappa shape index (κ3) is 6.64. The number of hydrogen-bond donors (Lipinski definition) is 0. The minimum Gasteiger partial charge on any atom is -0.490 e. The molecule has 1 amide bonds. The fraction of sp³-hybridized carbons (Fsp3) is 0.440. The minimum atomic E-state index is -0.291. The first-order valence-corrected chi connectivity index (χ1v) is 11.1. The van der Waals surface area contributed by atoms with Gasteiger partial charge in [-0.25, -0.2) is 0 Å². The van der Waals surface area contributed by atoms with Gasteiger partial charge in [-0.15, -0.1) is 0 Å². The summed E-state index contributed by atoms with van der Waals surface area (Å²) in [7, 11) is 0. The number of benzene rings is 2. The molecule has 1 saturated heterocycles. The van der Waals surface area contributed by atoms with Crippen molar-refractivity contribution in [2.75, 3.05) is 44.3 Å². The van der Waals surface area contributed by atoms with Crippen molar-refractivity contribution < 1.29 is 23.8 Å². The highest BCUT2D eigenvalue weighted by molar-refractivity contribution is 5.78. The maximum atomic E-state index is 12.7. The molecular weight excluding hydrogens is 408 g/mol. The van der Waals surface area contributed by atoms with Crippen molar-refractivity contribution in [1.82, 2.24) is 4.90 Å². The predicted octanol–water partition coefficient (Wildman–Crippen LogP) is 3.31. The van der Waals surface area contributed by atoms with Gasteiger partial charge in [0.2, 0.25) is 0 Å². The van der Waals surface area contributed by atoms with Crippen LogP contribution in [0, 0.1) is 0 Å². The highest BCUT2D eigenvalue weighted by Crippen LogP contribution is 2.29. The van der Waals surface area contributed by atoms with Crippen LogP contribution in [0.15, 0.2) is 48.5 Å². The number of rotatable bonds is 9. The van der Waals surface area contributed by atoms with E-state index in [9.17, 15) is 9.59 Å². The summed E-state index contributed by atoms with van der Waals surface area (Å²) in [6.07, 6.45) is 0.000392. The first-order valence-electron chi connectivity index (χ1n) is 11.1. The molecule has 1 aliphatic heterocycles. The molecule has 0 spiro atoms. The van der Waals surface area contributed by atoms with E-state index in [0.29, 0.717) is 31.2 Å². The molecule has 0 aromatic heterocycles. The average molecular weight is 441 g/mol. The van der Waals surface area contributed by atoms with Gasteiger partial charge in [-0.2, -0.15) is 0 Å². The van der Waals surface area contributed by atoms with Crippen molar-refractivity contribution in [3.8, 4) is 11.5 Å². The monoisotopic (exact) mass is 440 g/mol. The lowest BCUT2D eigenvalue weighted by atomic mass is 10.1. The number of nitrogens with zero attached hydrogens (tertiary/aromatic N) is 2. The van der Waals surface area contributed by atoms with Gasteiger partial charge < -0.3 is 24.0 Å². The van der Waals surface area contributed by atoms with E-state index in [1.54, 1.807) is 18.2 Å². The summed E-state index contributed by atoms with van der Waals surface area (Å²) in [6.45, 7) is 8.81. The van der Waals surface area contributed by atoms with Crippen LogP contribution in [-0.4, -0.2) is 62.3 Å². The molecule has 172 valence electrons. The van der Waals surface area contributed by atoms with Gasteiger partial charge in [0.05, 0.1) is 19.1 Å². The van der Waals surface area contributed by atoms with Crippen LogP contribution in [0.4, 0.5) is 5.69 Å². The number of carbonyl (C=O) groups is 2. The molecule has 0 unspecified atom stereocenters. The van der Waals surface area contributed by atoms with Gasteiger partial charge in [0, 0.05) is 31.9 Å². The van der Waals surface area contributed by atoms with Crippen molar-refractivity contribution in [1.29, 1.82) is 0 Å². The van der Waals surface area contributed by atoms with Crippen LogP contribution in [0.25, 0.3) is 0 Å². The molecule has 0 N–H and O–H groups in total. The molecule has 32 heavy (non-hydrogen) atoms. The topological polar surface area (TPSA) is 68.3 Å². The Bertz CT molecular complexity index is 892. The van der Waals surface area contributed by atoms with E-state index in [4.69, 9.17) is 14.2 Å². The number of para-hydroxylation sites is 1. The van der Waals surface area contributed by atoms with E-state index < -0.39 is 0 Å². The molecule has 3 rings (SSSR count). The van der Waals surface area contributed by atoms with Gasteiger partial charge >= 0.3 is 5.97 Å². The van der Waals surface area contributed by atoms with Gasteiger partial charge in [0.1, 0.15) is 0 Å². The van der Waals surface area contributed by atoms with E-state index in [1.165, 1.54) is 5.69 Å². The molecule has 7 heteroatoms. The second-order valence-electron chi connectivity index (χ2n) is 7.92. The number of piperazine rings is 1. The highest BCUT2D eigenvalue weighted by atomic mass is 16.5. The summed E-state index contributed by atoms with van der Waals surface area (Å²) >= 11 is 0. The number of anilines is 1. The molecule has 0 atom stereocenters. The lowest BCUT2D eigenvalue weighted by molar-refractivity contribution is -0.146. The summed E-state index contributed by atoms with van der Waals surface area (Å²) in [5, 5.41) is 0. The molecule has 1 fully saturated rings. The van der Waals surface area contributed by atoms with E-state index >= 15 is 0 Å². The molecule has 0 radical (unpaired) electrons. The second kappa shape index (κ2) is 11.4. The Hall–Kier alpha value is -3.22. The quantitative estimate of drug-likeness (QED) is 0.558. The molecule has 1 heterocycles. The molecular formula is C25H32N2O5. The SMILES string of the molecule is CCOc1cc(CC(=O)OC(C)C)ccc1OCC(=O)N1CCN(c2ccccc2)CC1. The predicted molar refractivity (Wildman–Crippen MR) is 123 cm³/mol. The van der Waals surface area contributed by atoms with Crippen molar-refractivity contribution in [3.63, 3.8) is 0 Å². The third-order valence-electron chi connectivity index (χ3n) is 5.13. The van der Waals surface area contributed by atoms with E-state index in [2.05, 4.69) is 17.0 Å². The van der Waals surface area contributed by atoms with Crippen LogP contribution in [0.3, 0.4) is 0 Å². The van der Waals surface area contributed by atoms with Crippen LogP contribution in [0.5, 0.6) is 11.5 Å². The summed E-state index contributed by atoms with van der Waals surface area (Å²) in [5.74, 6) is 0.666. The fourth-order valence-electron chi connectivity index (χ4n) is 3.60. The Balaban J connectivity index is 1.54. The Morgan fingerprint density at radius 1 is 0.938 bits per heavy atom. The van der Waals surface area contributed by atoms with Crippen LogP contribution >= 0.6 is 0 Å². The van der Waals surface area contributed by atoms with Gasteiger partial charge in [-0.3, -0.25) is 9.59 Å². The standard InChI is InChI=1S/C25H32N2O5/c1-4-30-23-16-20(17-25(29)32-19(2)3)10-11-22(23)31-18-24(28)27-14-12-26(13-15-27)21-8-6-5-7-9-21/h5-11,16,19H,4,12-15,17-18H2,1-3H3. The number of ether oxygens (including phenoxy) is 3. The number of hydrogen-bond acceptors (Lipinski definition) is 6. The Labute approximate surface area is 189 Å². The molecule has 0 aliphatic carbocycles. The molecule has 2 aromatic rings. The molecule has 0 bridgehead atoms. The molecule has 7 nitrogen and oxygen atoms in total. The van der Waals surface area contributed by atoms with Crippen molar-refractivity contribution >= 4 is 17.6 Å². The molecule has 1 aliphatic rings. The zero-order chi connectivity index (χ0) is 22.9. The van der Waals surface area contributed by atoms with Crippen LogP contribution in [-0.2, 0) is 20.7 Å². The minimum absolute atomic E-state index is 0.0512. The number of amides is 1. The summed E-state index contributed by atoms with van der Waals surface area (Å²) < 4.78 is 16.7. The van der Waals surface area contributed by atoms with Crippen molar-refractivity contribution in [2.45, 2.75) is 33.3 Å². The molecule has 2 aromatic carbocycles. The Kier molecular flexibility index (Phi) is 8.36. The second-order valence-corrected chi connectivity index (χ2v) is 7.92. The fourth-order valence-corrected chi connectivity index (χ4v) is 3.60. The van der Waals surface area contributed by atoms with Gasteiger partial charge in [-0.1, -0.05) is 24.3 Å². The normalized spacial score (nSPS) is 13.8. The maximum Gasteiger partial charge on any atom is 0.310 e. The lowest BCUT2D eigenvalue weighted by Crippen LogP contribution is -2.50. The van der Waals surface area contributed by atoms with Crippen LogP contribution in [0.2, 0.25) is 0 Å². The number of esters is 1. The van der Waals surface area contributed by atoms with Crippen molar-refractivity contribution in [3.05, 3.63) is 54.1 Å². The third-order valence-corrected chi connectivity index (χ3v) is 5.13. The van der Waals surface area contributed by atoms with E-state index in [1.807, 2.05) is 43.9 Å². The average Bonchev–Trinajstić information content (AvgIpc) is 2.79. The zero-order valence-electron chi connectivity index (χ0n) is 19.1. The maximum absolute atomic E-state index is 12.7.